The molecule has 1 aromatic carbocycles. The summed E-state index contributed by atoms with van der Waals surface area (Å²) in [6, 6.07) is 6.89. The van der Waals surface area contributed by atoms with Gasteiger partial charge in [-0.1, -0.05) is 6.07 Å². The fourth-order valence-corrected chi connectivity index (χ4v) is 3.16. The number of aromatic nitrogens is 2. The second kappa shape index (κ2) is 4.52. The Hall–Kier alpha value is -1.13. The molecule has 1 N–H and O–H groups in total. The lowest BCUT2D eigenvalue weighted by molar-refractivity contribution is 0.00647. The van der Waals surface area contributed by atoms with E-state index >= 15 is 0 Å². The summed E-state index contributed by atoms with van der Waals surface area (Å²) in [4.78, 5) is 3.30. The Morgan fingerprint density at radius 2 is 2.28 bits per heavy atom. The van der Waals surface area contributed by atoms with Gasteiger partial charge in [0.25, 0.3) is 0 Å². The predicted molar refractivity (Wildman–Crippen MR) is 75.5 cm³/mol. The molecule has 1 saturated heterocycles. The molecule has 0 radical (unpaired) electrons. The van der Waals surface area contributed by atoms with Crippen LogP contribution in [0.25, 0.3) is 11.0 Å². The van der Waals surface area contributed by atoms with Crippen LogP contribution < -0.4 is 0 Å². The summed E-state index contributed by atoms with van der Waals surface area (Å²) < 4.78 is 8.73. The van der Waals surface area contributed by atoms with Gasteiger partial charge in [0, 0.05) is 12.6 Å². The van der Waals surface area contributed by atoms with Gasteiger partial charge in [0.1, 0.15) is 0 Å². The summed E-state index contributed by atoms with van der Waals surface area (Å²) in [6.45, 7) is 5.08. The van der Waals surface area contributed by atoms with E-state index in [4.69, 9.17) is 17.0 Å². The van der Waals surface area contributed by atoms with Crippen LogP contribution in [0.2, 0.25) is 0 Å². The lowest BCUT2D eigenvalue weighted by Crippen LogP contribution is -2.25. The largest absolute Gasteiger partial charge is 0.378 e. The Bertz CT molecular complexity index is 628. The number of nitrogens with zero attached hydrogens (tertiary/aromatic N) is 1. The van der Waals surface area contributed by atoms with Crippen molar-refractivity contribution in [1.82, 2.24) is 9.55 Å². The molecular formula is C14H18N2OS. The van der Waals surface area contributed by atoms with E-state index in [2.05, 4.69) is 41.6 Å². The van der Waals surface area contributed by atoms with Gasteiger partial charge in [0.2, 0.25) is 0 Å². The number of fused-ring (bicyclic) bond motifs is 1. The number of imidazole rings is 1. The maximum atomic E-state index is 5.62. The Kier molecular flexibility index (Phi) is 2.99. The van der Waals surface area contributed by atoms with E-state index in [0.717, 1.165) is 29.7 Å². The third-order valence-corrected chi connectivity index (χ3v) is 3.99. The minimum Gasteiger partial charge on any atom is -0.378 e. The number of aromatic amines is 1. The summed E-state index contributed by atoms with van der Waals surface area (Å²) in [7, 11) is 0. The number of rotatable bonds is 1. The van der Waals surface area contributed by atoms with Gasteiger partial charge in [-0.25, -0.2) is 0 Å². The van der Waals surface area contributed by atoms with Crippen LogP contribution in [0.4, 0.5) is 0 Å². The maximum absolute atomic E-state index is 5.62. The molecule has 1 aliphatic rings. The summed E-state index contributed by atoms with van der Waals surface area (Å²) in [5, 5.41) is 0. The quantitative estimate of drug-likeness (QED) is 0.793. The zero-order valence-electron chi connectivity index (χ0n) is 10.8. The second-order valence-corrected chi connectivity index (χ2v) is 5.57. The zero-order valence-corrected chi connectivity index (χ0v) is 11.6. The minimum atomic E-state index is 0.320. The first-order valence-corrected chi connectivity index (χ1v) is 6.88. The highest BCUT2D eigenvalue weighted by Crippen LogP contribution is 2.29. The van der Waals surface area contributed by atoms with Gasteiger partial charge in [-0.15, -0.1) is 0 Å². The van der Waals surface area contributed by atoms with E-state index in [0.29, 0.717) is 12.1 Å². The van der Waals surface area contributed by atoms with Crippen molar-refractivity contribution in [3.8, 4) is 0 Å². The first kappa shape index (κ1) is 11.9. The van der Waals surface area contributed by atoms with E-state index in [-0.39, 0.29) is 0 Å². The molecule has 0 aliphatic carbocycles. The first-order chi connectivity index (χ1) is 8.65. The molecule has 1 aliphatic heterocycles. The van der Waals surface area contributed by atoms with Crippen molar-refractivity contribution in [1.29, 1.82) is 0 Å². The molecule has 1 aromatic heterocycles. The molecule has 2 heterocycles. The van der Waals surface area contributed by atoms with Crippen LogP contribution in [0.3, 0.4) is 0 Å². The minimum absolute atomic E-state index is 0.320. The molecule has 2 aromatic rings. The fraction of sp³-hybridized carbons (Fsp3) is 0.500. The van der Waals surface area contributed by atoms with Gasteiger partial charge in [0.15, 0.2) is 4.77 Å². The molecule has 0 amide bonds. The number of nitrogens with one attached hydrogen (secondary N) is 1. The molecule has 96 valence electrons. The van der Waals surface area contributed by atoms with Gasteiger partial charge in [-0.3, -0.25) is 0 Å². The van der Waals surface area contributed by atoms with Crippen molar-refractivity contribution in [2.24, 2.45) is 0 Å². The van der Waals surface area contributed by atoms with Gasteiger partial charge in [-0.2, -0.15) is 0 Å². The molecule has 4 heteroatoms. The number of aryl methyl sites for hydroxylation is 1. The molecule has 0 bridgehead atoms. The Morgan fingerprint density at radius 3 is 3.06 bits per heavy atom. The lowest BCUT2D eigenvalue weighted by Gasteiger charge is -2.28. The van der Waals surface area contributed by atoms with Crippen molar-refractivity contribution in [3.05, 3.63) is 28.5 Å². The molecule has 18 heavy (non-hydrogen) atoms. The summed E-state index contributed by atoms with van der Waals surface area (Å²) in [6.07, 6.45) is 2.40. The van der Waals surface area contributed by atoms with Gasteiger partial charge in [0.05, 0.1) is 17.1 Å². The van der Waals surface area contributed by atoms with Crippen LogP contribution >= 0.6 is 12.2 Å². The zero-order chi connectivity index (χ0) is 12.7. The number of hydrogen-bond donors (Lipinski definition) is 1. The monoisotopic (exact) mass is 262 g/mol. The first-order valence-electron chi connectivity index (χ1n) is 6.47. The second-order valence-electron chi connectivity index (χ2n) is 5.18. The van der Waals surface area contributed by atoms with Crippen molar-refractivity contribution < 1.29 is 4.74 Å². The van der Waals surface area contributed by atoms with Crippen LogP contribution in [0, 0.1) is 11.7 Å². The Morgan fingerprint density at radius 1 is 1.44 bits per heavy atom. The molecule has 2 unspecified atom stereocenters. The fourth-order valence-electron chi connectivity index (χ4n) is 2.80. The molecule has 3 rings (SSSR count). The molecule has 2 atom stereocenters. The van der Waals surface area contributed by atoms with Crippen LogP contribution in [0.15, 0.2) is 18.2 Å². The summed E-state index contributed by atoms with van der Waals surface area (Å²) in [5.74, 6) is 0. The highest BCUT2D eigenvalue weighted by molar-refractivity contribution is 7.71. The third kappa shape index (κ3) is 1.99. The maximum Gasteiger partial charge on any atom is 0.178 e. The number of H-pyrrole nitrogens is 1. The van der Waals surface area contributed by atoms with Crippen molar-refractivity contribution in [2.45, 2.75) is 38.8 Å². The normalized spacial score (nSPS) is 24.6. The SMILES string of the molecule is Cc1ccc2[nH]c(=S)n(C3CCOC(C)C3)c2c1. The van der Waals surface area contributed by atoms with Crippen LogP contribution in [-0.2, 0) is 4.74 Å². The number of hydrogen-bond acceptors (Lipinski definition) is 2. The van der Waals surface area contributed by atoms with E-state index in [9.17, 15) is 0 Å². The molecule has 0 spiro atoms. The third-order valence-electron chi connectivity index (χ3n) is 3.70. The van der Waals surface area contributed by atoms with Crippen LogP contribution in [0.5, 0.6) is 0 Å². The van der Waals surface area contributed by atoms with Crippen LogP contribution in [0.1, 0.15) is 31.4 Å². The van der Waals surface area contributed by atoms with Crippen molar-refractivity contribution >= 4 is 23.3 Å². The van der Waals surface area contributed by atoms with E-state index in [1.165, 1.54) is 11.1 Å². The van der Waals surface area contributed by atoms with Crippen molar-refractivity contribution in [3.63, 3.8) is 0 Å². The number of benzene rings is 1. The molecule has 0 saturated carbocycles. The van der Waals surface area contributed by atoms with E-state index in [1.54, 1.807) is 0 Å². The highest BCUT2D eigenvalue weighted by atomic mass is 32.1. The molecule has 3 nitrogen and oxygen atoms in total. The van der Waals surface area contributed by atoms with Gasteiger partial charge in [-0.05, 0) is 56.6 Å². The standard InChI is InChI=1S/C14H18N2OS/c1-9-3-4-12-13(7-9)16(14(18)15-12)11-5-6-17-10(2)8-11/h3-4,7,10-11H,5-6,8H2,1-2H3,(H,15,18). The van der Waals surface area contributed by atoms with Gasteiger partial charge >= 0.3 is 0 Å². The molecule has 1 fully saturated rings. The van der Waals surface area contributed by atoms with Crippen molar-refractivity contribution in [2.75, 3.05) is 6.61 Å². The van der Waals surface area contributed by atoms with E-state index < -0.39 is 0 Å². The topological polar surface area (TPSA) is 29.9 Å². The average molecular weight is 262 g/mol. The Labute approximate surface area is 112 Å². The smallest absolute Gasteiger partial charge is 0.178 e. The molecular weight excluding hydrogens is 244 g/mol. The average Bonchev–Trinajstić information content (AvgIpc) is 2.64. The highest BCUT2D eigenvalue weighted by Gasteiger charge is 2.22. The summed E-state index contributed by atoms with van der Waals surface area (Å²) >= 11 is 5.48. The van der Waals surface area contributed by atoms with Gasteiger partial charge < -0.3 is 14.3 Å². The predicted octanol–water partition coefficient (Wildman–Crippen LogP) is 3.75. The van der Waals surface area contributed by atoms with E-state index in [1.807, 2.05) is 0 Å². The number of ether oxygens (including phenoxy) is 1. The summed E-state index contributed by atoms with van der Waals surface area (Å²) in [5.41, 5.74) is 3.62. The Balaban J connectivity index is 2.12. The lowest BCUT2D eigenvalue weighted by atomic mass is 10.0. The van der Waals surface area contributed by atoms with Crippen LogP contribution in [-0.4, -0.2) is 22.3 Å².